The number of benzene rings is 1. The van der Waals surface area contributed by atoms with Crippen molar-refractivity contribution in [1.82, 2.24) is 15.1 Å². The van der Waals surface area contributed by atoms with Gasteiger partial charge in [-0.25, -0.2) is 8.42 Å². The summed E-state index contributed by atoms with van der Waals surface area (Å²) in [5, 5.41) is 2.76. The molecule has 2 saturated heterocycles. The predicted molar refractivity (Wildman–Crippen MR) is 118 cm³/mol. The molecule has 0 saturated carbocycles. The number of nitrogens with zero attached hydrogens (tertiary/aromatic N) is 2. The highest BCUT2D eigenvalue weighted by Crippen LogP contribution is 2.18. The normalized spacial score (nSPS) is 20.4. The van der Waals surface area contributed by atoms with E-state index in [4.69, 9.17) is 0 Å². The smallest absolute Gasteiger partial charge is 0.246 e. The molecular formula is C22H29N3O5S. The van der Waals surface area contributed by atoms with Crippen LogP contribution >= 0.6 is 0 Å². The van der Waals surface area contributed by atoms with Crippen LogP contribution in [0.2, 0.25) is 0 Å². The molecule has 168 valence electrons. The van der Waals surface area contributed by atoms with Crippen molar-refractivity contribution in [2.24, 2.45) is 5.92 Å². The van der Waals surface area contributed by atoms with Gasteiger partial charge in [0.2, 0.25) is 17.7 Å². The molecule has 0 aromatic heterocycles. The van der Waals surface area contributed by atoms with E-state index < -0.39 is 15.9 Å². The van der Waals surface area contributed by atoms with Crippen LogP contribution in [0.5, 0.6) is 0 Å². The van der Waals surface area contributed by atoms with Gasteiger partial charge in [0.1, 0.15) is 6.04 Å². The molecule has 31 heavy (non-hydrogen) atoms. The second kappa shape index (κ2) is 10.1. The molecule has 3 rings (SSSR count). The maximum Gasteiger partial charge on any atom is 0.246 e. The Morgan fingerprint density at radius 1 is 1.00 bits per heavy atom. The van der Waals surface area contributed by atoms with Crippen molar-refractivity contribution in [1.29, 1.82) is 0 Å². The Bertz CT molecular complexity index is 923. The highest BCUT2D eigenvalue weighted by atomic mass is 32.2. The molecule has 9 heteroatoms. The molecule has 0 bridgehead atoms. The third-order valence-corrected chi connectivity index (χ3v) is 7.39. The van der Waals surface area contributed by atoms with Gasteiger partial charge in [0.25, 0.3) is 0 Å². The summed E-state index contributed by atoms with van der Waals surface area (Å²) >= 11 is 0. The molecule has 1 aromatic carbocycles. The van der Waals surface area contributed by atoms with Gasteiger partial charge < -0.3 is 15.1 Å². The molecule has 0 spiro atoms. The minimum absolute atomic E-state index is 0.0371. The molecule has 2 aliphatic heterocycles. The lowest BCUT2D eigenvalue weighted by Crippen LogP contribution is -2.53. The lowest BCUT2D eigenvalue weighted by molar-refractivity contribution is -0.137. The number of nitrogens with one attached hydrogen (secondary N) is 1. The van der Waals surface area contributed by atoms with Crippen LogP contribution in [0.3, 0.4) is 0 Å². The molecule has 0 radical (unpaired) electrons. The van der Waals surface area contributed by atoms with Crippen LogP contribution in [-0.2, 0) is 24.2 Å². The summed E-state index contributed by atoms with van der Waals surface area (Å²) in [4.78, 5) is 40.7. The van der Waals surface area contributed by atoms with Gasteiger partial charge in [0.15, 0.2) is 9.84 Å². The first-order valence-corrected chi connectivity index (χ1v) is 12.4. The maximum absolute atomic E-state index is 12.6. The Morgan fingerprint density at radius 3 is 2.23 bits per heavy atom. The van der Waals surface area contributed by atoms with E-state index >= 15 is 0 Å². The van der Waals surface area contributed by atoms with Crippen LogP contribution in [0.25, 0.3) is 6.08 Å². The van der Waals surface area contributed by atoms with Crippen LogP contribution in [0, 0.1) is 5.92 Å². The number of carbonyl (C=O) groups excluding carboxylic acids is 3. The largest absolute Gasteiger partial charge is 0.344 e. The molecule has 8 nitrogen and oxygen atoms in total. The lowest BCUT2D eigenvalue weighted by Gasteiger charge is -2.32. The standard InChI is InChI=1S/C22H29N3O5S/c1-17(22(28)25-13-15-31(29,30)16-14-25)23-21(27)19-9-11-24(12-10-19)20(26)8-7-18-5-3-2-4-6-18/h2-8,17,19H,9-16H2,1H3,(H,23,27)/b8-7+. The van der Waals surface area contributed by atoms with Crippen LogP contribution < -0.4 is 5.32 Å². The second-order valence-electron chi connectivity index (χ2n) is 8.05. The highest BCUT2D eigenvalue weighted by molar-refractivity contribution is 7.91. The van der Waals surface area contributed by atoms with E-state index in [1.54, 1.807) is 24.0 Å². The van der Waals surface area contributed by atoms with Gasteiger partial charge in [-0.05, 0) is 31.4 Å². The van der Waals surface area contributed by atoms with Crippen molar-refractivity contribution in [3.63, 3.8) is 0 Å². The third-order valence-electron chi connectivity index (χ3n) is 5.78. The molecule has 1 N–H and O–H groups in total. The molecule has 1 unspecified atom stereocenters. The van der Waals surface area contributed by atoms with E-state index in [0.717, 1.165) is 5.56 Å². The zero-order valence-corrected chi connectivity index (χ0v) is 18.5. The number of carbonyl (C=O) groups is 3. The highest BCUT2D eigenvalue weighted by Gasteiger charge is 2.31. The van der Waals surface area contributed by atoms with Crippen LogP contribution in [-0.4, -0.2) is 79.7 Å². The van der Waals surface area contributed by atoms with E-state index in [-0.39, 0.29) is 48.2 Å². The Hall–Kier alpha value is -2.68. The van der Waals surface area contributed by atoms with Gasteiger partial charge in [-0.15, -0.1) is 0 Å². The molecule has 0 aliphatic carbocycles. The van der Waals surface area contributed by atoms with E-state index in [2.05, 4.69) is 5.32 Å². The Morgan fingerprint density at radius 2 is 1.61 bits per heavy atom. The molecule has 3 amide bonds. The first kappa shape index (κ1) is 23.0. The summed E-state index contributed by atoms with van der Waals surface area (Å²) in [6.07, 6.45) is 4.41. The van der Waals surface area contributed by atoms with Crippen LogP contribution in [0.4, 0.5) is 0 Å². The van der Waals surface area contributed by atoms with E-state index in [1.807, 2.05) is 30.3 Å². The summed E-state index contributed by atoms with van der Waals surface area (Å²) < 4.78 is 23.0. The Labute approximate surface area is 183 Å². The van der Waals surface area contributed by atoms with Crippen LogP contribution in [0.1, 0.15) is 25.3 Å². The first-order valence-electron chi connectivity index (χ1n) is 10.6. The quantitative estimate of drug-likeness (QED) is 0.669. The zero-order valence-electron chi connectivity index (χ0n) is 17.7. The lowest BCUT2D eigenvalue weighted by atomic mass is 9.95. The van der Waals surface area contributed by atoms with Crippen molar-refractivity contribution < 1.29 is 22.8 Å². The minimum atomic E-state index is -3.07. The fourth-order valence-electron chi connectivity index (χ4n) is 3.80. The van der Waals surface area contributed by atoms with Crippen molar-refractivity contribution >= 4 is 33.6 Å². The average molecular weight is 448 g/mol. The number of hydrogen-bond donors (Lipinski definition) is 1. The summed E-state index contributed by atoms with van der Waals surface area (Å²) in [5.41, 5.74) is 0.954. The molecule has 1 aromatic rings. The monoisotopic (exact) mass is 447 g/mol. The third kappa shape index (κ3) is 6.40. The number of amides is 3. The Balaban J connectivity index is 1.44. The van der Waals surface area contributed by atoms with Crippen molar-refractivity contribution in [2.45, 2.75) is 25.8 Å². The topological polar surface area (TPSA) is 104 Å². The van der Waals surface area contributed by atoms with Gasteiger partial charge in [0, 0.05) is 38.2 Å². The molecule has 2 aliphatic rings. The van der Waals surface area contributed by atoms with Gasteiger partial charge in [0.05, 0.1) is 11.5 Å². The van der Waals surface area contributed by atoms with E-state index in [9.17, 15) is 22.8 Å². The summed E-state index contributed by atoms with van der Waals surface area (Å²) in [5.74, 6) is -0.861. The number of piperidine rings is 1. The molecule has 2 heterocycles. The fourth-order valence-corrected chi connectivity index (χ4v) is 5.00. The summed E-state index contributed by atoms with van der Waals surface area (Å²) in [7, 11) is -3.07. The minimum Gasteiger partial charge on any atom is -0.344 e. The van der Waals surface area contributed by atoms with Gasteiger partial charge >= 0.3 is 0 Å². The summed E-state index contributed by atoms with van der Waals surface area (Å²) in [6.45, 7) is 2.93. The average Bonchev–Trinajstić information content (AvgIpc) is 2.77. The molecule has 2 fully saturated rings. The zero-order chi connectivity index (χ0) is 22.4. The summed E-state index contributed by atoms with van der Waals surface area (Å²) in [6, 6.07) is 8.87. The Kier molecular flexibility index (Phi) is 7.48. The number of likely N-dealkylation sites (tertiary alicyclic amines) is 1. The molecular weight excluding hydrogens is 418 g/mol. The predicted octanol–water partition coefficient (Wildman–Crippen LogP) is 0.700. The van der Waals surface area contributed by atoms with Gasteiger partial charge in [-0.3, -0.25) is 14.4 Å². The van der Waals surface area contributed by atoms with Crippen molar-refractivity contribution in [3.05, 3.63) is 42.0 Å². The first-order chi connectivity index (χ1) is 14.7. The SMILES string of the molecule is CC(NC(=O)C1CCN(C(=O)/C=C/c2ccccc2)CC1)C(=O)N1CCS(=O)(=O)CC1. The number of rotatable bonds is 5. The second-order valence-corrected chi connectivity index (χ2v) is 10.4. The molecule has 1 atom stereocenters. The fraction of sp³-hybridized carbons (Fsp3) is 0.500. The number of hydrogen-bond acceptors (Lipinski definition) is 5. The maximum atomic E-state index is 12.6. The van der Waals surface area contributed by atoms with Gasteiger partial charge in [-0.2, -0.15) is 0 Å². The van der Waals surface area contributed by atoms with Crippen LogP contribution in [0.15, 0.2) is 36.4 Å². The van der Waals surface area contributed by atoms with Crippen molar-refractivity contribution in [3.8, 4) is 0 Å². The number of sulfone groups is 1. The van der Waals surface area contributed by atoms with Crippen molar-refractivity contribution in [2.75, 3.05) is 37.7 Å². The van der Waals surface area contributed by atoms with Gasteiger partial charge in [-0.1, -0.05) is 30.3 Å². The van der Waals surface area contributed by atoms with E-state index in [1.165, 1.54) is 4.90 Å². The van der Waals surface area contributed by atoms with E-state index in [0.29, 0.717) is 25.9 Å².